The minimum atomic E-state index is -5.11. The summed E-state index contributed by atoms with van der Waals surface area (Å²) in [7, 11) is -15.1. The number of nitrogens with one attached hydrogen (secondary N) is 1. The van der Waals surface area contributed by atoms with Crippen LogP contribution in [0.4, 0.5) is 39.6 Å². The van der Waals surface area contributed by atoms with Gasteiger partial charge in [0, 0.05) is 16.0 Å². The number of aryl methyl sites for hydroxylation is 5. The van der Waals surface area contributed by atoms with Crippen LogP contribution in [0.5, 0.6) is 0 Å². The van der Waals surface area contributed by atoms with Gasteiger partial charge in [-0.3, -0.25) is 9.94 Å². The summed E-state index contributed by atoms with van der Waals surface area (Å²) in [5, 5.41) is 42.5. The zero-order valence-corrected chi connectivity index (χ0v) is 59.7. The van der Waals surface area contributed by atoms with Gasteiger partial charge < -0.3 is 24.2 Å². The molecule has 0 aliphatic heterocycles. The number of anilines is 5. The Morgan fingerprint density at radius 3 is 1.91 bits per heavy atom. The van der Waals surface area contributed by atoms with Gasteiger partial charge in [-0.05, 0) is 130 Å². The Hall–Kier alpha value is -1.06. The van der Waals surface area contributed by atoms with Crippen LogP contribution < -0.4 is 177 Å². The van der Waals surface area contributed by atoms with E-state index in [1.807, 2.05) is 20.8 Å². The summed E-state index contributed by atoms with van der Waals surface area (Å²) in [5.74, 6) is -0.160. The number of pyridine rings is 1. The van der Waals surface area contributed by atoms with Crippen molar-refractivity contribution in [2.75, 3.05) is 10.2 Å². The number of aromatic nitrogens is 5. The van der Waals surface area contributed by atoms with Gasteiger partial charge in [0.05, 0.1) is 58.5 Å². The molecule has 4 heterocycles. The smallest absolute Gasteiger partial charge is 0.744 e. The van der Waals surface area contributed by atoms with Crippen molar-refractivity contribution >= 4 is 125 Å². The maximum Gasteiger partial charge on any atom is 1.00 e. The first-order valence-corrected chi connectivity index (χ1v) is 28.2. The molecule has 0 aliphatic rings. The maximum atomic E-state index is 12.9. The fourth-order valence-electron chi connectivity index (χ4n) is 8.63. The number of benzene rings is 4. The van der Waals surface area contributed by atoms with Crippen LogP contribution in [0, 0.1) is 59.8 Å². The molecule has 0 unspecified atom stereocenters. The first-order valence-electron chi connectivity index (χ1n) is 21.6. The molecule has 0 spiro atoms. The number of thiazole rings is 2. The second-order valence-electron chi connectivity index (χ2n) is 18.0. The molecule has 0 aliphatic carbocycles. The van der Waals surface area contributed by atoms with E-state index in [4.69, 9.17) is 25.2 Å². The van der Waals surface area contributed by atoms with Gasteiger partial charge in [0.1, 0.15) is 53.5 Å². The van der Waals surface area contributed by atoms with Gasteiger partial charge in [0.2, 0.25) is 5.13 Å². The fraction of sp³-hybridized carbons (Fsp3) is 0.239. The Balaban J connectivity index is 0.00000328. The van der Waals surface area contributed by atoms with Gasteiger partial charge in [0.25, 0.3) is 0 Å². The molecule has 0 atom stereocenters. The zero-order chi connectivity index (χ0) is 54.1. The molecule has 0 bridgehead atoms. The fourth-order valence-corrected chi connectivity index (χ4v) is 13.5. The standard InChI is InChI=1S/C46H44N10O12S6.2K.2Na/c1-21-15-24(4)39(73(61,62)63)26(6)36(21)51-42-37(52-53-43-30(20-47)41(46(8,9)10)54-56(43)45-49-31-13-11-28(71-68-67-57)18-33(31)70-45)22(2)17-35(50-42)55(38-23(3)16-25(5)40(27(38)7)74(64,65)66)44-48-32-14-12-29(72(58,59)60)19-34(32)69-44;;;;/h11-19,57H,1-10H3,(H,50,51)(H,58,59,60)(H,61,62,63)(H,64,65,66);;;;/q;4*+1/p-4. The van der Waals surface area contributed by atoms with Crippen molar-refractivity contribution in [3.05, 3.63) is 105 Å². The van der Waals surface area contributed by atoms with Gasteiger partial charge >= 0.3 is 162 Å². The summed E-state index contributed by atoms with van der Waals surface area (Å²) < 4.78 is 120. The Kier molecular flexibility index (Phi) is 23.9. The van der Waals surface area contributed by atoms with Crippen molar-refractivity contribution in [1.82, 2.24) is 24.7 Å². The minimum Gasteiger partial charge on any atom is -0.744 e. The van der Waals surface area contributed by atoms with Crippen molar-refractivity contribution < 1.29 is 215 Å². The largest absolute Gasteiger partial charge is 1.00 e. The van der Waals surface area contributed by atoms with Gasteiger partial charge in [-0.15, -0.1) is 10.2 Å². The van der Waals surface area contributed by atoms with E-state index in [9.17, 15) is 49.4 Å². The van der Waals surface area contributed by atoms with Gasteiger partial charge in [-0.2, -0.15) is 19.4 Å². The number of nitriles is 1. The topological polar surface area (TPSA) is 333 Å². The van der Waals surface area contributed by atoms with Crippen LogP contribution in [0.15, 0.2) is 84.4 Å². The summed E-state index contributed by atoms with van der Waals surface area (Å²) >= 11 is 2.79. The average molecular weight is 1240 g/mol. The average Bonchev–Trinajstić information content (AvgIpc) is 4.01. The molecule has 386 valence electrons. The molecule has 4 aromatic heterocycles. The molecule has 1 N–H and O–H groups in total. The molecule has 0 saturated carbocycles. The molecular weight excluding hydrogens is 1200 g/mol. The number of hydrogen-bond donors (Lipinski definition) is 1. The van der Waals surface area contributed by atoms with Crippen LogP contribution in [0.2, 0.25) is 0 Å². The summed E-state index contributed by atoms with van der Waals surface area (Å²) in [6.07, 6.45) is 0. The third-order valence-corrected chi connectivity index (χ3v) is 17.2. The second kappa shape index (κ2) is 26.9. The molecule has 8 aromatic rings. The van der Waals surface area contributed by atoms with Crippen molar-refractivity contribution in [1.29, 1.82) is 5.26 Å². The Bertz CT molecular complexity index is 4090. The van der Waals surface area contributed by atoms with E-state index in [0.29, 0.717) is 49.5 Å². The van der Waals surface area contributed by atoms with Crippen molar-refractivity contribution in [2.24, 2.45) is 10.2 Å². The van der Waals surface area contributed by atoms with E-state index in [2.05, 4.69) is 25.9 Å². The molecule has 0 saturated heterocycles. The van der Waals surface area contributed by atoms with Crippen molar-refractivity contribution in [2.45, 2.75) is 94.2 Å². The van der Waals surface area contributed by atoms with Crippen molar-refractivity contribution in [3.8, 4) is 11.2 Å². The van der Waals surface area contributed by atoms with Gasteiger partial charge in [0.15, 0.2) is 16.8 Å². The maximum absolute atomic E-state index is 12.9. The third-order valence-electron chi connectivity index (χ3n) is 11.6. The molecule has 32 heteroatoms. The predicted molar refractivity (Wildman–Crippen MR) is 271 cm³/mol. The second-order valence-corrected chi connectivity index (χ2v) is 24.8. The van der Waals surface area contributed by atoms with E-state index in [1.54, 1.807) is 45.0 Å². The van der Waals surface area contributed by atoms with E-state index in [-0.39, 0.29) is 245 Å². The SMILES string of the molecule is Cc1cc(N(c2nc3ccc(S(=O)(=O)[O-])cc3s2)c2c(C)cc(C)c(S(=O)(=O)[O-])c2C)nc(Nc2c(C)cc(C)c(S(=O)(=O)[O-])c2C)c1N=Nc1c(C#N)c(C(C)(C)C)nn1-c1nc2ccc(SOO[O-])cc2s1.[K+].[K+].[Na+].[Na+]. The first-order chi connectivity index (χ1) is 34.5. The molecule has 4 aromatic carbocycles. The van der Waals surface area contributed by atoms with E-state index in [1.165, 1.54) is 66.8 Å². The summed E-state index contributed by atoms with van der Waals surface area (Å²) in [4.78, 5) is 15.0. The van der Waals surface area contributed by atoms with Crippen LogP contribution in [0.25, 0.3) is 25.6 Å². The molecular formula is C46H40K2N10Na2O12S6. The third kappa shape index (κ3) is 14.5. The van der Waals surface area contributed by atoms with E-state index < -0.39 is 50.5 Å². The Labute approximate surface area is 591 Å². The Morgan fingerprint density at radius 2 is 1.32 bits per heavy atom. The van der Waals surface area contributed by atoms with E-state index in [0.717, 1.165) is 23.5 Å². The number of azo groups is 1. The predicted octanol–water partition coefficient (Wildman–Crippen LogP) is -2.60. The minimum absolute atomic E-state index is 0. The molecule has 22 nitrogen and oxygen atoms in total. The number of fused-ring (bicyclic) bond motifs is 2. The molecule has 0 amide bonds. The van der Waals surface area contributed by atoms with Crippen LogP contribution in [-0.4, -0.2) is 63.6 Å². The summed E-state index contributed by atoms with van der Waals surface area (Å²) in [6.45, 7) is 16.4. The van der Waals surface area contributed by atoms with Gasteiger partial charge in [-0.25, -0.2) is 40.2 Å². The quantitative estimate of drug-likeness (QED) is 0.0291. The molecule has 0 fully saturated rings. The monoisotopic (exact) mass is 1240 g/mol. The van der Waals surface area contributed by atoms with Crippen LogP contribution in [0.3, 0.4) is 0 Å². The number of hydrogen-bond acceptors (Lipinski definition) is 24. The van der Waals surface area contributed by atoms with Crippen molar-refractivity contribution in [3.63, 3.8) is 0 Å². The van der Waals surface area contributed by atoms with Crippen LogP contribution >= 0.6 is 34.7 Å². The zero-order valence-electron chi connectivity index (χ0n) is 44.6. The van der Waals surface area contributed by atoms with Crippen LogP contribution in [-0.2, 0) is 45.1 Å². The first kappa shape index (κ1) is 69.4. The summed E-state index contributed by atoms with van der Waals surface area (Å²) in [6, 6.07) is 15.4. The molecule has 0 radical (unpaired) electrons. The van der Waals surface area contributed by atoms with Gasteiger partial charge in [-0.1, -0.05) is 55.6 Å². The molecule has 8 rings (SSSR count). The Morgan fingerprint density at radius 1 is 0.731 bits per heavy atom. The molecule has 78 heavy (non-hydrogen) atoms. The normalized spacial score (nSPS) is 12.0. The van der Waals surface area contributed by atoms with Crippen LogP contribution in [0.1, 0.15) is 71.0 Å². The van der Waals surface area contributed by atoms with E-state index >= 15 is 0 Å². The summed E-state index contributed by atoms with van der Waals surface area (Å²) in [5.41, 5.74) is 2.38. The number of rotatable bonds is 14. The number of nitrogens with zero attached hydrogens (tertiary/aromatic N) is 9.